The van der Waals surface area contributed by atoms with Crippen LogP contribution in [0.5, 0.6) is 5.75 Å². The Morgan fingerprint density at radius 3 is 2.71 bits per heavy atom. The molecule has 1 heterocycles. The second-order valence-electron chi connectivity index (χ2n) is 5.23. The summed E-state index contributed by atoms with van der Waals surface area (Å²) in [5.41, 5.74) is 2.43. The van der Waals surface area contributed by atoms with Gasteiger partial charge in [0.1, 0.15) is 5.75 Å². The smallest absolute Gasteiger partial charge is 0.337 e. The quantitative estimate of drug-likeness (QED) is 0.684. The number of rotatable bonds is 4. The average molecular weight is 325 g/mol. The van der Waals surface area contributed by atoms with Crippen molar-refractivity contribution >= 4 is 28.6 Å². The number of methoxy groups -OCH3 is 1. The summed E-state index contributed by atoms with van der Waals surface area (Å²) < 4.78 is 5.24. The van der Waals surface area contributed by atoms with Crippen molar-refractivity contribution in [1.82, 2.24) is 9.97 Å². The molecule has 0 fully saturated rings. The van der Waals surface area contributed by atoms with Crippen molar-refractivity contribution in [1.29, 1.82) is 0 Å². The van der Waals surface area contributed by atoms with Gasteiger partial charge in [-0.2, -0.15) is 0 Å². The van der Waals surface area contributed by atoms with Gasteiger partial charge in [-0.1, -0.05) is 12.1 Å². The highest BCUT2D eigenvalue weighted by Gasteiger charge is 2.16. The topological polar surface area (TPSA) is 104 Å². The van der Waals surface area contributed by atoms with Gasteiger partial charge in [0, 0.05) is 6.07 Å². The molecule has 0 aliphatic heterocycles. The third kappa shape index (κ3) is 2.79. The molecule has 0 aliphatic carbocycles. The fourth-order valence-electron chi connectivity index (χ4n) is 2.43. The van der Waals surface area contributed by atoms with Crippen molar-refractivity contribution in [2.24, 2.45) is 0 Å². The fourth-order valence-corrected chi connectivity index (χ4v) is 2.43. The maximum Gasteiger partial charge on any atom is 0.337 e. The number of nitrogens with one attached hydrogen (secondary N) is 2. The van der Waals surface area contributed by atoms with Crippen LogP contribution in [0.3, 0.4) is 0 Å². The number of aromatic carboxylic acids is 1. The molecule has 0 radical (unpaired) electrons. The summed E-state index contributed by atoms with van der Waals surface area (Å²) in [6.45, 7) is 1.89. The molecule has 3 N–H and O–H groups in total. The Bertz CT molecular complexity index is 946. The summed E-state index contributed by atoms with van der Waals surface area (Å²) in [6, 6.07) is 9.76. The van der Waals surface area contributed by atoms with E-state index in [9.17, 15) is 9.59 Å². The van der Waals surface area contributed by atoms with Gasteiger partial charge in [-0.3, -0.25) is 4.79 Å². The van der Waals surface area contributed by atoms with E-state index in [1.165, 1.54) is 12.1 Å². The van der Waals surface area contributed by atoms with Crippen LogP contribution in [0.25, 0.3) is 11.0 Å². The number of fused-ring (bicyclic) bond motifs is 1. The molecule has 0 unspecified atom stereocenters. The first-order valence-electron chi connectivity index (χ1n) is 7.17. The number of anilines is 1. The van der Waals surface area contributed by atoms with E-state index in [0.29, 0.717) is 16.8 Å². The molecule has 0 spiro atoms. The molecule has 3 rings (SSSR count). The van der Waals surface area contributed by atoms with Gasteiger partial charge in [0.25, 0.3) is 5.91 Å². The molecule has 24 heavy (non-hydrogen) atoms. The third-order valence-electron chi connectivity index (χ3n) is 3.62. The van der Waals surface area contributed by atoms with E-state index in [1.807, 2.05) is 13.0 Å². The number of aryl methyl sites for hydroxylation is 1. The number of amides is 1. The molecule has 3 aromatic rings. The Balaban J connectivity index is 1.93. The number of carboxylic acid groups (broad SMARTS) is 1. The lowest BCUT2D eigenvalue weighted by atomic mass is 10.2. The maximum atomic E-state index is 12.4. The first-order valence-corrected chi connectivity index (χ1v) is 7.17. The summed E-state index contributed by atoms with van der Waals surface area (Å²) in [6.07, 6.45) is 0. The number of hydrogen-bond donors (Lipinski definition) is 3. The van der Waals surface area contributed by atoms with Crippen LogP contribution in [0.2, 0.25) is 0 Å². The van der Waals surface area contributed by atoms with E-state index >= 15 is 0 Å². The van der Waals surface area contributed by atoms with Gasteiger partial charge in [0.15, 0.2) is 5.82 Å². The second kappa shape index (κ2) is 6.04. The highest BCUT2D eigenvalue weighted by molar-refractivity contribution is 6.07. The molecule has 2 aromatic carbocycles. The minimum atomic E-state index is -1.11. The summed E-state index contributed by atoms with van der Waals surface area (Å²) in [4.78, 5) is 30.7. The monoisotopic (exact) mass is 325 g/mol. The number of ether oxygens (including phenoxy) is 1. The standard InChI is InChI=1S/C17H15N3O4/c1-9-7-12-13(8-14(9)24-2)19-15(18-12)16(21)20-11-6-4-3-5-10(11)17(22)23/h3-8H,1-2H3,(H,18,19)(H,20,21)(H,22,23). The van der Waals surface area contributed by atoms with E-state index < -0.39 is 11.9 Å². The van der Waals surface area contributed by atoms with Crippen molar-refractivity contribution in [3.63, 3.8) is 0 Å². The van der Waals surface area contributed by atoms with Crippen LogP contribution in [0.4, 0.5) is 5.69 Å². The van der Waals surface area contributed by atoms with Crippen molar-refractivity contribution in [3.8, 4) is 5.75 Å². The zero-order chi connectivity index (χ0) is 17.3. The number of H-pyrrole nitrogens is 1. The van der Waals surface area contributed by atoms with Crippen LogP contribution in [-0.4, -0.2) is 34.1 Å². The summed E-state index contributed by atoms with van der Waals surface area (Å²) >= 11 is 0. The zero-order valence-corrected chi connectivity index (χ0v) is 13.1. The molecule has 0 atom stereocenters. The normalized spacial score (nSPS) is 10.6. The van der Waals surface area contributed by atoms with Crippen LogP contribution in [0.1, 0.15) is 26.5 Å². The highest BCUT2D eigenvalue weighted by atomic mass is 16.5. The lowest BCUT2D eigenvalue weighted by Crippen LogP contribution is -2.16. The van der Waals surface area contributed by atoms with Crippen molar-refractivity contribution in [2.45, 2.75) is 6.92 Å². The zero-order valence-electron chi connectivity index (χ0n) is 13.1. The Labute approximate surface area is 137 Å². The van der Waals surface area contributed by atoms with Crippen LogP contribution in [0, 0.1) is 6.92 Å². The van der Waals surface area contributed by atoms with Gasteiger partial charge in [-0.15, -0.1) is 0 Å². The van der Waals surface area contributed by atoms with Crippen LogP contribution in [0.15, 0.2) is 36.4 Å². The lowest BCUT2D eigenvalue weighted by Gasteiger charge is -2.06. The fraction of sp³-hybridized carbons (Fsp3) is 0.118. The van der Waals surface area contributed by atoms with Crippen LogP contribution >= 0.6 is 0 Å². The summed E-state index contributed by atoms with van der Waals surface area (Å²) in [5.74, 6) is -0.859. The second-order valence-corrected chi connectivity index (χ2v) is 5.23. The Kier molecular flexibility index (Phi) is 3.91. The van der Waals surface area contributed by atoms with Gasteiger partial charge in [0.2, 0.25) is 0 Å². The van der Waals surface area contributed by atoms with E-state index in [1.54, 1.807) is 25.3 Å². The minimum absolute atomic E-state index is 0.0134. The number of benzene rings is 2. The Morgan fingerprint density at radius 1 is 1.25 bits per heavy atom. The number of hydrogen-bond acceptors (Lipinski definition) is 4. The minimum Gasteiger partial charge on any atom is -0.496 e. The highest BCUT2D eigenvalue weighted by Crippen LogP contribution is 2.24. The molecular weight excluding hydrogens is 310 g/mol. The number of imidazole rings is 1. The molecule has 1 aromatic heterocycles. The maximum absolute atomic E-state index is 12.4. The Hall–Kier alpha value is -3.35. The number of carboxylic acids is 1. The SMILES string of the molecule is COc1cc2nc(C(=O)Nc3ccccc3C(=O)O)[nH]c2cc1C. The van der Waals surface area contributed by atoms with Gasteiger partial charge >= 0.3 is 5.97 Å². The predicted molar refractivity (Wildman–Crippen MR) is 88.7 cm³/mol. The van der Waals surface area contributed by atoms with E-state index in [0.717, 1.165) is 5.56 Å². The van der Waals surface area contributed by atoms with Gasteiger partial charge in [-0.25, -0.2) is 9.78 Å². The first kappa shape index (κ1) is 15.5. The third-order valence-corrected chi connectivity index (χ3v) is 3.62. The van der Waals surface area contributed by atoms with E-state index in [2.05, 4.69) is 15.3 Å². The van der Waals surface area contributed by atoms with Crippen molar-refractivity contribution in [3.05, 3.63) is 53.3 Å². The lowest BCUT2D eigenvalue weighted by molar-refractivity contribution is 0.0698. The number of aromatic nitrogens is 2. The number of para-hydroxylation sites is 1. The molecule has 0 aliphatic rings. The Morgan fingerprint density at radius 2 is 2.00 bits per heavy atom. The van der Waals surface area contributed by atoms with Crippen molar-refractivity contribution < 1.29 is 19.4 Å². The molecule has 7 heteroatoms. The van der Waals surface area contributed by atoms with Gasteiger partial charge in [0.05, 0.1) is 29.4 Å². The first-order chi connectivity index (χ1) is 11.5. The van der Waals surface area contributed by atoms with Gasteiger partial charge in [-0.05, 0) is 30.7 Å². The molecule has 122 valence electrons. The molecule has 0 saturated carbocycles. The van der Waals surface area contributed by atoms with E-state index in [-0.39, 0.29) is 17.1 Å². The molecule has 0 bridgehead atoms. The number of carbonyl (C=O) groups is 2. The molecular formula is C17H15N3O4. The molecule has 1 amide bonds. The number of nitrogens with zero attached hydrogens (tertiary/aromatic N) is 1. The molecule has 7 nitrogen and oxygen atoms in total. The average Bonchev–Trinajstić information content (AvgIpc) is 2.97. The number of carbonyl (C=O) groups excluding carboxylic acids is 1. The summed E-state index contributed by atoms with van der Waals surface area (Å²) in [7, 11) is 1.57. The largest absolute Gasteiger partial charge is 0.496 e. The van der Waals surface area contributed by atoms with E-state index in [4.69, 9.17) is 9.84 Å². The van der Waals surface area contributed by atoms with Crippen molar-refractivity contribution in [2.75, 3.05) is 12.4 Å². The van der Waals surface area contributed by atoms with Crippen LogP contribution in [-0.2, 0) is 0 Å². The number of aromatic amines is 1. The summed E-state index contributed by atoms with van der Waals surface area (Å²) in [5, 5.41) is 11.7. The van der Waals surface area contributed by atoms with Gasteiger partial charge < -0.3 is 20.1 Å². The predicted octanol–water partition coefficient (Wildman–Crippen LogP) is 2.83. The van der Waals surface area contributed by atoms with Crippen LogP contribution < -0.4 is 10.1 Å². The molecule has 0 saturated heterocycles.